The van der Waals surface area contributed by atoms with Crippen LogP contribution in [0, 0.1) is 0 Å². The molecule has 0 atom stereocenters. The van der Waals surface area contributed by atoms with Crippen LogP contribution in [0.25, 0.3) is 10.2 Å². The number of carbonyl (C=O) groups excluding carboxylic acids is 2. The maximum Gasteiger partial charge on any atom is 0.490 e. The van der Waals surface area contributed by atoms with Gasteiger partial charge in [0.15, 0.2) is 10.9 Å². The first kappa shape index (κ1) is 23.1. The van der Waals surface area contributed by atoms with Gasteiger partial charge in [-0.3, -0.25) is 9.59 Å². The predicted octanol–water partition coefficient (Wildman–Crippen LogP) is 2.70. The van der Waals surface area contributed by atoms with Crippen molar-refractivity contribution in [2.75, 3.05) is 31.9 Å². The normalized spacial score (nSPS) is 14.1. The van der Waals surface area contributed by atoms with Gasteiger partial charge in [0.1, 0.15) is 0 Å². The van der Waals surface area contributed by atoms with Crippen molar-refractivity contribution in [3.63, 3.8) is 0 Å². The van der Waals surface area contributed by atoms with Gasteiger partial charge in [0.2, 0.25) is 0 Å². The number of nitrogens with two attached hydrogens (primary N) is 1. The minimum atomic E-state index is -5.08. The number of anilines is 1. The van der Waals surface area contributed by atoms with Gasteiger partial charge in [-0.25, -0.2) is 9.78 Å². The van der Waals surface area contributed by atoms with E-state index in [1.165, 1.54) is 17.6 Å². The number of hydrogen-bond acceptors (Lipinski definition) is 7. The lowest BCUT2D eigenvalue weighted by molar-refractivity contribution is -0.192. The molecular formula is C19H17F3N4O5S. The summed E-state index contributed by atoms with van der Waals surface area (Å²) in [5, 5.41) is 7.62. The summed E-state index contributed by atoms with van der Waals surface area (Å²) in [7, 11) is 0. The minimum Gasteiger partial charge on any atom is -0.475 e. The van der Waals surface area contributed by atoms with Crippen LogP contribution < -0.4 is 5.73 Å². The Hall–Kier alpha value is -3.61. The molecule has 2 aromatic heterocycles. The number of carboxylic acids is 1. The number of carboxylic acid groups (broad SMARTS) is 1. The van der Waals surface area contributed by atoms with E-state index in [0.29, 0.717) is 42.6 Å². The summed E-state index contributed by atoms with van der Waals surface area (Å²) in [5.74, 6) is -2.63. The molecule has 2 amide bonds. The van der Waals surface area contributed by atoms with E-state index in [-0.39, 0.29) is 11.8 Å². The van der Waals surface area contributed by atoms with Gasteiger partial charge in [-0.2, -0.15) is 13.2 Å². The lowest BCUT2D eigenvalue weighted by Crippen LogP contribution is -2.50. The van der Waals surface area contributed by atoms with E-state index in [1.807, 2.05) is 6.07 Å². The fourth-order valence-corrected chi connectivity index (χ4v) is 3.64. The van der Waals surface area contributed by atoms with Crippen molar-refractivity contribution in [1.82, 2.24) is 14.8 Å². The van der Waals surface area contributed by atoms with Gasteiger partial charge in [0, 0.05) is 31.7 Å². The number of fused-ring (bicyclic) bond motifs is 1. The van der Waals surface area contributed by atoms with Crippen LogP contribution in [0.1, 0.15) is 20.9 Å². The Morgan fingerprint density at radius 3 is 2.19 bits per heavy atom. The molecule has 32 heavy (non-hydrogen) atoms. The molecule has 0 unspecified atom stereocenters. The van der Waals surface area contributed by atoms with E-state index in [2.05, 4.69) is 4.98 Å². The summed E-state index contributed by atoms with van der Waals surface area (Å²) in [6, 6.07) is 8.77. The molecule has 13 heteroatoms. The van der Waals surface area contributed by atoms with E-state index >= 15 is 0 Å². The Bertz CT molecular complexity index is 1120. The van der Waals surface area contributed by atoms with Crippen molar-refractivity contribution in [3.05, 3.63) is 47.9 Å². The molecule has 0 radical (unpaired) electrons. The van der Waals surface area contributed by atoms with Gasteiger partial charge in [-0.05, 0) is 30.3 Å². The first-order chi connectivity index (χ1) is 15.1. The summed E-state index contributed by atoms with van der Waals surface area (Å²) in [6.45, 7) is 1.94. The number of rotatable bonds is 2. The number of nitrogens with zero attached hydrogens (tertiary/aromatic N) is 3. The smallest absolute Gasteiger partial charge is 0.475 e. The minimum absolute atomic E-state index is 0.0569. The molecule has 1 aliphatic rings. The zero-order chi connectivity index (χ0) is 23.5. The molecule has 0 bridgehead atoms. The van der Waals surface area contributed by atoms with E-state index in [9.17, 15) is 22.8 Å². The number of aromatic nitrogens is 1. The molecule has 0 aliphatic carbocycles. The van der Waals surface area contributed by atoms with Crippen LogP contribution in [-0.4, -0.2) is 70.0 Å². The zero-order valence-electron chi connectivity index (χ0n) is 16.3. The number of alkyl halides is 3. The van der Waals surface area contributed by atoms with Gasteiger partial charge in [-0.1, -0.05) is 11.3 Å². The number of furan rings is 1. The third kappa shape index (κ3) is 5.35. The van der Waals surface area contributed by atoms with Crippen LogP contribution in [-0.2, 0) is 4.79 Å². The molecule has 0 spiro atoms. The highest BCUT2D eigenvalue weighted by molar-refractivity contribution is 7.22. The quantitative estimate of drug-likeness (QED) is 0.589. The van der Waals surface area contributed by atoms with Gasteiger partial charge in [-0.15, -0.1) is 0 Å². The van der Waals surface area contributed by atoms with Crippen LogP contribution >= 0.6 is 11.3 Å². The number of amides is 2. The van der Waals surface area contributed by atoms with Crippen LogP contribution in [0.15, 0.2) is 41.0 Å². The van der Waals surface area contributed by atoms with Crippen LogP contribution in [0.5, 0.6) is 0 Å². The molecule has 1 aliphatic heterocycles. The highest BCUT2D eigenvalue weighted by atomic mass is 32.1. The maximum atomic E-state index is 12.7. The van der Waals surface area contributed by atoms with Gasteiger partial charge in [0.25, 0.3) is 11.8 Å². The molecule has 1 saturated heterocycles. The Kier molecular flexibility index (Phi) is 6.67. The number of halogens is 3. The van der Waals surface area contributed by atoms with Crippen molar-refractivity contribution in [2.45, 2.75) is 6.18 Å². The van der Waals surface area contributed by atoms with Crippen LogP contribution in [0.3, 0.4) is 0 Å². The van der Waals surface area contributed by atoms with Crippen LogP contribution in [0.4, 0.5) is 18.3 Å². The standard InChI is InChI=1S/C17H16N4O3S.C2HF3O2/c18-17-19-12-10-11(3-4-14(12)25-17)15(22)20-5-7-21(8-6-20)16(23)13-2-1-9-24-13;3-2(4,5)1(6)7/h1-4,9-10H,5-8H2,(H2,18,19);(H,6,7). The zero-order valence-corrected chi connectivity index (χ0v) is 17.2. The summed E-state index contributed by atoms with van der Waals surface area (Å²) in [5.41, 5.74) is 7.03. The molecule has 9 nitrogen and oxygen atoms in total. The predicted molar refractivity (Wildman–Crippen MR) is 108 cm³/mol. The fraction of sp³-hybridized carbons (Fsp3) is 0.263. The lowest BCUT2D eigenvalue weighted by Gasteiger charge is -2.34. The second-order valence-electron chi connectivity index (χ2n) is 6.60. The fourth-order valence-electron chi connectivity index (χ4n) is 2.93. The Morgan fingerprint density at radius 1 is 1.06 bits per heavy atom. The van der Waals surface area contributed by atoms with E-state index in [4.69, 9.17) is 20.1 Å². The summed E-state index contributed by atoms with van der Waals surface area (Å²) >= 11 is 1.40. The van der Waals surface area contributed by atoms with E-state index in [0.717, 1.165) is 10.2 Å². The molecule has 1 aromatic carbocycles. The van der Waals surface area contributed by atoms with Crippen LogP contribution in [0.2, 0.25) is 0 Å². The average molecular weight is 470 g/mol. The maximum absolute atomic E-state index is 12.7. The van der Waals surface area contributed by atoms with Crippen molar-refractivity contribution >= 4 is 44.5 Å². The number of thiazole rings is 1. The Balaban J connectivity index is 0.000000360. The average Bonchev–Trinajstić information content (AvgIpc) is 3.41. The number of hydrogen-bond donors (Lipinski definition) is 2. The van der Waals surface area contributed by atoms with Crippen molar-refractivity contribution in [3.8, 4) is 0 Å². The van der Waals surface area contributed by atoms with E-state index < -0.39 is 12.1 Å². The molecule has 3 heterocycles. The molecular weight excluding hydrogens is 453 g/mol. The molecule has 170 valence electrons. The highest BCUT2D eigenvalue weighted by Gasteiger charge is 2.38. The monoisotopic (exact) mass is 470 g/mol. The third-order valence-corrected chi connectivity index (χ3v) is 5.35. The summed E-state index contributed by atoms with van der Waals surface area (Å²) < 4.78 is 37.8. The SMILES string of the molecule is Nc1nc2cc(C(=O)N3CCN(C(=O)c4ccco4)CC3)ccc2s1.O=C(O)C(F)(F)F. The number of aliphatic carboxylic acids is 1. The lowest BCUT2D eigenvalue weighted by atomic mass is 10.1. The highest BCUT2D eigenvalue weighted by Crippen LogP contribution is 2.25. The second kappa shape index (κ2) is 9.26. The Morgan fingerprint density at radius 2 is 1.66 bits per heavy atom. The Labute approximate surface area is 182 Å². The van der Waals surface area contributed by atoms with Crippen molar-refractivity contribution in [1.29, 1.82) is 0 Å². The molecule has 0 saturated carbocycles. The molecule has 3 aromatic rings. The first-order valence-electron chi connectivity index (χ1n) is 9.14. The summed E-state index contributed by atoms with van der Waals surface area (Å²) in [4.78, 5) is 41.5. The van der Waals surface area contributed by atoms with Gasteiger partial charge >= 0.3 is 12.1 Å². The van der Waals surface area contributed by atoms with Crippen molar-refractivity contribution < 1.29 is 37.1 Å². The topological polar surface area (TPSA) is 130 Å². The number of carbonyl (C=O) groups is 3. The molecule has 3 N–H and O–H groups in total. The van der Waals surface area contributed by atoms with Gasteiger partial charge in [0.05, 0.1) is 16.5 Å². The molecule has 1 fully saturated rings. The molecule has 4 rings (SSSR count). The van der Waals surface area contributed by atoms with Gasteiger partial charge < -0.3 is 25.1 Å². The largest absolute Gasteiger partial charge is 0.490 e. The number of benzene rings is 1. The number of nitrogen functional groups attached to an aromatic ring is 1. The number of piperazine rings is 1. The first-order valence-corrected chi connectivity index (χ1v) is 9.96. The second-order valence-corrected chi connectivity index (χ2v) is 7.66. The van der Waals surface area contributed by atoms with Crippen molar-refractivity contribution in [2.24, 2.45) is 0 Å². The third-order valence-electron chi connectivity index (χ3n) is 4.48. The van der Waals surface area contributed by atoms with E-state index in [1.54, 1.807) is 34.1 Å². The summed E-state index contributed by atoms with van der Waals surface area (Å²) in [6.07, 6.45) is -3.60.